The van der Waals surface area contributed by atoms with Crippen LogP contribution in [0.3, 0.4) is 0 Å². The number of nitrogens with one attached hydrogen (secondary N) is 1. The van der Waals surface area contributed by atoms with Crippen molar-refractivity contribution in [1.82, 2.24) is 5.32 Å². The molecule has 0 saturated carbocycles. The number of hydrogen-bond acceptors (Lipinski definition) is 3. The monoisotopic (exact) mass is 332 g/mol. The number of carbonyl (C=O) groups is 1. The fraction of sp³-hybridized carbons (Fsp3) is 0.500. The molecule has 1 aromatic rings. The van der Waals surface area contributed by atoms with Crippen LogP contribution in [0.25, 0.3) is 0 Å². The Morgan fingerprint density at radius 2 is 1.81 bits per heavy atom. The van der Waals surface area contributed by atoms with E-state index in [2.05, 4.69) is 5.32 Å². The fourth-order valence-electron chi connectivity index (χ4n) is 1.86. The number of sulfonamides is 1. The fourth-order valence-corrected chi connectivity index (χ4v) is 3.16. The van der Waals surface area contributed by atoms with Crippen LogP contribution in [0.4, 0.5) is 5.69 Å². The van der Waals surface area contributed by atoms with Crippen LogP contribution >= 0.6 is 11.6 Å². The summed E-state index contributed by atoms with van der Waals surface area (Å²) >= 11 is 5.81. The first kappa shape index (κ1) is 17.8. The second kappa shape index (κ2) is 7.13. The van der Waals surface area contributed by atoms with Crippen molar-refractivity contribution in [3.05, 3.63) is 29.3 Å². The van der Waals surface area contributed by atoms with Gasteiger partial charge in [0.05, 0.1) is 11.9 Å². The van der Waals surface area contributed by atoms with Crippen LogP contribution in [-0.4, -0.2) is 32.7 Å². The van der Waals surface area contributed by atoms with Crippen molar-refractivity contribution in [2.45, 2.75) is 39.3 Å². The number of carbonyl (C=O) groups excluding carboxylic acids is 1. The van der Waals surface area contributed by atoms with Gasteiger partial charge in [-0.1, -0.05) is 18.5 Å². The van der Waals surface area contributed by atoms with Crippen LogP contribution in [0.2, 0.25) is 5.02 Å². The normalized spacial score (nSPS) is 14.3. The molecule has 0 heterocycles. The van der Waals surface area contributed by atoms with E-state index in [0.717, 1.165) is 17.0 Å². The highest BCUT2D eigenvalue weighted by Gasteiger charge is 2.29. The average molecular weight is 333 g/mol. The van der Waals surface area contributed by atoms with Gasteiger partial charge in [-0.05, 0) is 44.5 Å². The van der Waals surface area contributed by atoms with Crippen molar-refractivity contribution in [2.24, 2.45) is 0 Å². The zero-order chi connectivity index (χ0) is 16.2. The highest BCUT2D eigenvalue weighted by Crippen LogP contribution is 2.23. The van der Waals surface area contributed by atoms with Gasteiger partial charge in [0.15, 0.2) is 0 Å². The molecule has 0 bridgehead atoms. The molecule has 0 radical (unpaired) electrons. The maximum Gasteiger partial charge on any atom is 0.243 e. The van der Waals surface area contributed by atoms with E-state index < -0.39 is 16.1 Å². The lowest BCUT2D eigenvalue weighted by Gasteiger charge is -2.29. The molecular weight excluding hydrogens is 312 g/mol. The van der Waals surface area contributed by atoms with Crippen LogP contribution in [-0.2, 0) is 14.8 Å². The summed E-state index contributed by atoms with van der Waals surface area (Å²) in [7, 11) is -3.59. The number of anilines is 1. The van der Waals surface area contributed by atoms with Gasteiger partial charge in [-0.25, -0.2) is 8.42 Å². The van der Waals surface area contributed by atoms with E-state index in [-0.39, 0.29) is 11.9 Å². The van der Waals surface area contributed by atoms with Gasteiger partial charge < -0.3 is 5.32 Å². The molecule has 0 aromatic heterocycles. The Hall–Kier alpha value is -1.27. The van der Waals surface area contributed by atoms with E-state index in [4.69, 9.17) is 11.6 Å². The van der Waals surface area contributed by atoms with Gasteiger partial charge in [-0.15, -0.1) is 0 Å². The van der Waals surface area contributed by atoms with Crippen LogP contribution in [0.15, 0.2) is 24.3 Å². The third kappa shape index (κ3) is 4.89. The Kier molecular flexibility index (Phi) is 6.04. The summed E-state index contributed by atoms with van der Waals surface area (Å²) in [4.78, 5) is 12.2. The first-order valence-corrected chi connectivity index (χ1v) is 8.94. The summed E-state index contributed by atoms with van der Waals surface area (Å²) in [6.07, 6.45) is 1.85. The minimum atomic E-state index is -3.59. The molecule has 0 aliphatic carbocycles. The summed E-state index contributed by atoms with van der Waals surface area (Å²) < 4.78 is 25.2. The maximum atomic E-state index is 12.2. The molecule has 0 unspecified atom stereocenters. The van der Waals surface area contributed by atoms with E-state index in [9.17, 15) is 13.2 Å². The standard InChI is InChI=1S/C14H21ClN2O3S/c1-5-10(2)16-14(18)11(3)17(21(4,19)20)13-8-6-12(15)7-9-13/h6-11H,5H2,1-4H3,(H,16,18)/t10-,11+/m0/s1. The first-order chi connectivity index (χ1) is 9.66. The van der Waals surface area contributed by atoms with Crippen LogP contribution in [0.1, 0.15) is 27.2 Å². The summed E-state index contributed by atoms with van der Waals surface area (Å²) in [5.41, 5.74) is 0.411. The molecule has 5 nitrogen and oxygen atoms in total. The van der Waals surface area contributed by atoms with E-state index in [0.29, 0.717) is 10.7 Å². The summed E-state index contributed by atoms with van der Waals surface area (Å²) in [6, 6.07) is 5.50. The molecule has 0 fully saturated rings. The molecule has 0 aliphatic heterocycles. The largest absolute Gasteiger partial charge is 0.352 e. The third-order valence-electron chi connectivity index (χ3n) is 3.17. The zero-order valence-corrected chi connectivity index (χ0v) is 14.2. The molecule has 0 aliphatic rings. The summed E-state index contributed by atoms with van der Waals surface area (Å²) in [5.74, 6) is -0.329. The van der Waals surface area contributed by atoms with Crippen molar-refractivity contribution in [2.75, 3.05) is 10.6 Å². The summed E-state index contributed by atoms with van der Waals surface area (Å²) in [6.45, 7) is 5.38. The van der Waals surface area contributed by atoms with Gasteiger partial charge in [0.2, 0.25) is 15.9 Å². The lowest BCUT2D eigenvalue weighted by molar-refractivity contribution is -0.122. The second-order valence-corrected chi connectivity index (χ2v) is 7.32. The van der Waals surface area contributed by atoms with E-state index in [1.807, 2.05) is 13.8 Å². The Balaban J connectivity index is 3.09. The molecule has 0 spiro atoms. The SMILES string of the molecule is CC[C@H](C)NC(=O)[C@@H](C)N(c1ccc(Cl)cc1)S(C)(=O)=O. The number of hydrogen-bond donors (Lipinski definition) is 1. The molecule has 1 aromatic carbocycles. The van der Waals surface area contributed by atoms with Crippen LogP contribution in [0.5, 0.6) is 0 Å². The van der Waals surface area contributed by atoms with Crippen molar-refractivity contribution in [3.63, 3.8) is 0 Å². The maximum absolute atomic E-state index is 12.2. The molecule has 2 atom stereocenters. The third-order valence-corrected chi connectivity index (χ3v) is 4.66. The highest BCUT2D eigenvalue weighted by atomic mass is 35.5. The van der Waals surface area contributed by atoms with Gasteiger partial charge in [0, 0.05) is 11.1 Å². The lowest BCUT2D eigenvalue weighted by Crippen LogP contribution is -2.49. The average Bonchev–Trinajstić information content (AvgIpc) is 2.39. The smallest absolute Gasteiger partial charge is 0.243 e. The molecule has 21 heavy (non-hydrogen) atoms. The topological polar surface area (TPSA) is 66.5 Å². The predicted octanol–water partition coefficient (Wildman–Crippen LogP) is 2.41. The number of benzene rings is 1. The molecular formula is C14H21ClN2O3S. The van der Waals surface area contributed by atoms with E-state index in [1.165, 1.54) is 0 Å². The molecule has 7 heteroatoms. The van der Waals surface area contributed by atoms with Gasteiger partial charge in [-0.2, -0.15) is 0 Å². The van der Waals surface area contributed by atoms with Crippen molar-refractivity contribution < 1.29 is 13.2 Å². The Morgan fingerprint density at radius 3 is 2.24 bits per heavy atom. The lowest BCUT2D eigenvalue weighted by atomic mass is 10.2. The molecule has 1 rings (SSSR count). The minimum absolute atomic E-state index is 0.00780. The number of amides is 1. The van der Waals surface area contributed by atoms with E-state index >= 15 is 0 Å². The van der Waals surface area contributed by atoms with Crippen molar-refractivity contribution in [1.29, 1.82) is 0 Å². The molecule has 118 valence electrons. The Labute approximate surface area is 131 Å². The minimum Gasteiger partial charge on any atom is -0.352 e. The number of halogens is 1. The number of nitrogens with zero attached hydrogens (tertiary/aromatic N) is 1. The zero-order valence-electron chi connectivity index (χ0n) is 12.6. The number of rotatable bonds is 6. The van der Waals surface area contributed by atoms with Gasteiger partial charge in [0.1, 0.15) is 6.04 Å². The Bertz CT molecular complexity index is 587. The molecule has 1 N–H and O–H groups in total. The van der Waals surface area contributed by atoms with Gasteiger partial charge >= 0.3 is 0 Å². The highest BCUT2D eigenvalue weighted by molar-refractivity contribution is 7.92. The van der Waals surface area contributed by atoms with Crippen molar-refractivity contribution in [3.8, 4) is 0 Å². The van der Waals surface area contributed by atoms with Crippen molar-refractivity contribution >= 4 is 33.2 Å². The van der Waals surface area contributed by atoms with Crippen LogP contribution in [0, 0.1) is 0 Å². The Morgan fingerprint density at radius 1 is 1.29 bits per heavy atom. The van der Waals surface area contributed by atoms with Gasteiger partial charge in [-0.3, -0.25) is 9.10 Å². The van der Waals surface area contributed by atoms with Crippen LogP contribution < -0.4 is 9.62 Å². The first-order valence-electron chi connectivity index (χ1n) is 6.72. The summed E-state index contributed by atoms with van der Waals surface area (Å²) in [5, 5.41) is 3.30. The van der Waals surface area contributed by atoms with Gasteiger partial charge in [0.25, 0.3) is 0 Å². The predicted molar refractivity (Wildman–Crippen MR) is 86.1 cm³/mol. The quantitative estimate of drug-likeness (QED) is 0.870. The van der Waals surface area contributed by atoms with E-state index in [1.54, 1.807) is 31.2 Å². The second-order valence-electron chi connectivity index (χ2n) is 5.03. The molecule has 1 amide bonds. The molecule has 0 saturated heterocycles.